The normalized spacial score (nSPS) is 10.0. The molecule has 0 aliphatic carbocycles. The Hall–Kier alpha value is 0.147. The summed E-state index contributed by atoms with van der Waals surface area (Å²) in [5, 5.41) is 0. The van der Waals surface area contributed by atoms with Gasteiger partial charge in [-0.2, -0.15) is 0 Å². The summed E-state index contributed by atoms with van der Waals surface area (Å²) in [7, 11) is -1.66. The molecule has 0 atom stereocenters. The number of rotatable bonds is 2. The molecule has 0 saturated heterocycles. The van der Waals surface area contributed by atoms with Crippen molar-refractivity contribution in [1.82, 2.24) is 0 Å². The molecule has 0 heterocycles. The van der Waals surface area contributed by atoms with E-state index in [1.807, 2.05) is 13.8 Å². The molecule has 0 saturated carbocycles. The van der Waals surface area contributed by atoms with Gasteiger partial charge >= 0.3 is 0 Å². The van der Waals surface area contributed by atoms with Crippen molar-refractivity contribution < 1.29 is 4.11 Å². The monoisotopic (exact) mass is 106 g/mol. The highest BCUT2D eigenvalue weighted by molar-refractivity contribution is 6.50. The van der Waals surface area contributed by atoms with E-state index in [1.54, 1.807) is 0 Å². The molecule has 0 bridgehead atoms. The van der Waals surface area contributed by atoms with E-state index in [-0.39, 0.29) is 0 Å². The van der Waals surface area contributed by atoms with Crippen molar-refractivity contribution in [1.29, 1.82) is 0 Å². The lowest BCUT2D eigenvalue weighted by Gasteiger charge is -1.90. The second-order valence-corrected chi connectivity index (χ2v) is 4.24. The van der Waals surface area contributed by atoms with E-state index in [9.17, 15) is 4.11 Å². The van der Waals surface area contributed by atoms with Gasteiger partial charge in [-0.25, -0.2) is 0 Å². The van der Waals surface area contributed by atoms with Gasteiger partial charge in [0.2, 0.25) is 9.13 Å². The average molecular weight is 106 g/mol. The second kappa shape index (κ2) is 3.34. The standard InChI is InChI=1S/C4H11FSi/c1-3-6(5)4-2/h6H,3-4H2,1-2H3. The highest BCUT2D eigenvalue weighted by Crippen LogP contribution is 1.96. The third-order valence-electron chi connectivity index (χ3n) is 0.886. The molecule has 2 heteroatoms. The van der Waals surface area contributed by atoms with Gasteiger partial charge in [0.1, 0.15) is 0 Å². The van der Waals surface area contributed by atoms with Crippen LogP contribution in [0.5, 0.6) is 0 Å². The Kier molecular flexibility index (Phi) is 3.42. The van der Waals surface area contributed by atoms with Crippen molar-refractivity contribution in [2.24, 2.45) is 0 Å². The van der Waals surface area contributed by atoms with Gasteiger partial charge in [0.15, 0.2) is 0 Å². The quantitative estimate of drug-likeness (QED) is 0.371. The zero-order valence-electron chi connectivity index (χ0n) is 4.37. The highest BCUT2D eigenvalue weighted by atomic mass is 28.3. The summed E-state index contributed by atoms with van der Waals surface area (Å²) in [6, 6.07) is 1.60. The fraction of sp³-hybridized carbons (Fsp3) is 1.00. The molecule has 0 nitrogen and oxygen atoms in total. The Labute approximate surface area is 40.2 Å². The molecular weight excluding hydrogens is 95.1 g/mol. The lowest BCUT2D eigenvalue weighted by molar-refractivity contribution is 0.813. The predicted octanol–water partition coefficient (Wildman–Crippen LogP) is 1.72. The third-order valence-corrected chi connectivity index (χ3v) is 2.66. The van der Waals surface area contributed by atoms with Crippen molar-refractivity contribution in [2.75, 3.05) is 0 Å². The SMILES string of the molecule is CC[SiH](F)CC. The topological polar surface area (TPSA) is 0 Å². The Morgan fingerprint density at radius 3 is 1.67 bits per heavy atom. The molecule has 0 amide bonds. The fourth-order valence-corrected chi connectivity index (χ4v) is 0.866. The lowest BCUT2D eigenvalue weighted by Crippen LogP contribution is -1.97. The van der Waals surface area contributed by atoms with Crippen LogP contribution in [-0.2, 0) is 0 Å². The summed E-state index contributed by atoms with van der Waals surface area (Å²) in [4.78, 5) is 0. The summed E-state index contributed by atoms with van der Waals surface area (Å²) in [6.07, 6.45) is 0. The third kappa shape index (κ3) is 2.39. The molecule has 6 heavy (non-hydrogen) atoms. The molecule has 0 radical (unpaired) electrons. The fourth-order valence-electron chi connectivity index (χ4n) is 0.289. The average Bonchev–Trinajstić information content (AvgIpc) is 1.65. The molecule has 0 spiro atoms. The maximum atomic E-state index is 12.0. The molecule has 0 aromatic carbocycles. The Morgan fingerprint density at radius 2 is 1.67 bits per heavy atom. The van der Waals surface area contributed by atoms with Crippen LogP contribution < -0.4 is 0 Å². The molecule has 0 aliphatic rings. The molecule has 0 unspecified atom stereocenters. The number of hydrogen-bond acceptors (Lipinski definition) is 0. The molecule has 0 rings (SSSR count). The van der Waals surface area contributed by atoms with Crippen LogP contribution in [0, 0.1) is 0 Å². The van der Waals surface area contributed by atoms with Crippen LogP contribution in [0.1, 0.15) is 13.8 Å². The molecule has 0 aromatic heterocycles. The summed E-state index contributed by atoms with van der Waals surface area (Å²) >= 11 is 0. The van der Waals surface area contributed by atoms with E-state index in [4.69, 9.17) is 0 Å². The van der Waals surface area contributed by atoms with E-state index >= 15 is 0 Å². The van der Waals surface area contributed by atoms with Crippen LogP contribution in [0.15, 0.2) is 0 Å². The summed E-state index contributed by atoms with van der Waals surface area (Å²) < 4.78 is 12.0. The highest BCUT2D eigenvalue weighted by Gasteiger charge is 1.98. The largest absolute Gasteiger partial charge is 0.318 e. The Balaban J connectivity index is 2.75. The summed E-state index contributed by atoms with van der Waals surface area (Å²) in [5.41, 5.74) is 0. The molecule has 0 aliphatic heterocycles. The number of hydrogen-bond donors (Lipinski definition) is 0. The molecule has 0 fully saturated rings. The van der Waals surface area contributed by atoms with Gasteiger partial charge in [-0.05, 0) is 12.1 Å². The van der Waals surface area contributed by atoms with E-state index in [1.165, 1.54) is 0 Å². The number of halogens is 1. The molecule has 0 aromatic rings. The van der Waals surface area contributed by atoms with Crippen molar-refractivity contribution >= 4 is 9.13 Å². The van der Waals surface area contributed by atoms with Crippen LogP contribution in [0.25, 0.3) is 0 Å². The first-order valence-corrected chi connectivity index (χ1v) is 4.52. The minimum atomic E-state index is -1.66. The van der Waals surface area contributed by atoms with Crippen LogP contribution in [-0.4, -0.2) is 9.13 Å². The molecular formula is C4H11FSi. The first-order chi connectivity index (χ1) is 2.81. The van der Waals surface area contributed by atoms with Gasteiger partial charge in [0.05, 0.1) is 0 Å². The van der Waals surface area contributed by atoms with Crippen LogP contribution in [0.4, 0.5) is 4.11 Å². The summed E-state index contributed by atoms with van der Waals surface area (Å²) in [5.74, 6) is 0. The Morgan fingerprint density at radius 1 is 1.33 bits per heavy atom. The first-order valence-electron chi connectivity index (χ1n) is 2.45. The van der Waals surface area contributed by atoms with Crippen molar-refractivity contribution in [2.45, 2.75) is 25.9 Å². The maximum Gasteiger partial charge on any atom is 0.231 e. The van der Waals surface area contributed by atoms with E-state index < -0.39 is 9.13 Å². The first kappa shape index (κ1) is 6.15. The van der Waals surface area contributed by atoms with Crippen molar-refractivity contribution in [3.8, 4) is 0 Å². The molecule has 38 valence electrons. The Bertz CT molecular complexity index is 26.7. The van der Waals surface area contributed by atoms with Gasteiger partial charge in [0.25, 0.3) is 0 Å². The minimum Gasteiger partial charge on any atom is -0.318 e. The predicted molar refractivity (Wildman–Crippen MR) is 29.2 cm³/mol. The van der Waals surface area contributed by atoms with Gasteiger partial charge in [-0.3, -0.25) is 0 Å². The van der Waals surface area contributed by atoms with Crippen molar-refractivity contribution in [3.63, 3.8) is 0 Å². The lowest BCUT2D eigenvalue weighted by atomic mass is 11.0. The van der Waals surface area contributed by atoms with Gasteiger partial charge < -0.3 is 4.11 Å². The van der Waals surface area contributed by atoms with E-state index in [0.717, 1.165) is 12.1 Å². The maximum absolute atomic E-state index is 12.0. The summed E-state index contributed by atoms with van der Waals surface area (Å²) in [6.45, 7) is 3.83. The zero-order valence-corrected chi connectivity index (χ0v) is 5.52. The van der Waals surface area contributed by atoms with Crippen LogP contribution in [0.3, 0.4) is 0 Å². The molecule has 0 N–H and O–H groups in total. The van der Waals surface area contributed by atoms with Crippen LogP contribution >= 0.6 is 0 Å². The van der Waals surface area contributed by atoms with Gasteiger partial charge in [-0.1, -0.05) is 13.8 Å². The minimum absolute atomic E-state index is 0.802. The second-order valence-electron chi connectivity index (χ2n) is 1.41. The van der Waals surface area contributed by atoms with E-state index in [2.05, 4.69) is 0 Å². The van der Waals surface area contributed by atoms with Gasteiger partial charge in [-0.15, -0.1) is 0 Å². The zero-order chi connectivity index (χ0) is 4.99. The van der Waals surface area contributed by atoms with Crippen molar-refractivity contribution in [3.05, 3.63) is 0 Å². The smallest absolute Gasteiger partial charge is 0.231 e. The van der Waals surface area contributed by atoms with E-state index in [0.29, 0.717) is 0 Å². The van der Waals surface area contributed by atoms with Gasteiger partial charge in [0, 0.05) is 0 Å². The van der Waals surface area contributed by atoms with Crippen LogP contribution in [0.2, 0.25) is 12.1 Å².